The summed E-state index contributed by atoms with van der Waals surface area (Å²) in [6.07, 6.45) is 1.47. The molecule has 2 heterocycles. The molecule has 0 unspecified atom stereocenters. The van der Waals surface area contributed by atoms with Gasteiger partial charge in [-0.25, -0.2) is 14.8 Å². The molecule has 0 bridgehead atoms. The lowest BCUT2D eigenvalue weighted by molar-refractivity contribution is 0.0596. The number of nitrogens with two attached hydrogens (primary N) is 1. The molecule has 0 aliphatic rings. The number of carbonyl (C=O) groups excluding carboxylic acids is 1. The first-order valence-electron chi connectivity index (χ1n) is 5.01. The predicted octanol–water partition coefficient (Wildman–Crippen LogP) is 1.03. The van der Waals surface area contributed by atoms with Crippen LogP contribution in [0.4, 0.5) is 5.69 Å². The largest absolute Gasteiger partial charge is 0.465 e. The number of ether oxygens (including phenoxy) is 1. The first kappa shape index (κ1) is 12.4. The summed E-state index contributed by atoms with van der Waals surface area (Å²) in [6.45, 7) is 1.79. The molecule has 0 aliphatic carbocycles. The molecule has 7 nitrogen and oxygen atoms in total. The lowest BCUT2D eigenvalue weighted by Crippen LogP contribution is -2.05. The van der Waals surface area contributed by atoms with Crippen molar-refractivity contribution in [1.29, 1.82) is 0 Å². The van der Waals surface area contributed by atoms with Crippen LogP contribution in [0.1, 0.15) is 16.2 Å². The fourth-order valence-corrected chi connectivity index (χ4v) is 2.06. The minimum Gasteiger partial charge on any atom is -0.465 e. The molecular weight excluding hydrogens is 254 g/mol. The van der Waals surface area contributed by atoms with Gasteiger partial charge in [-0.2, -0.15) is 0 Å². The molecule has 0 amide bonds. The summed E-state index contributed by atoms with van der Waals surface area (Å²) >= 11 is 1.17. The highest BCUT2D eigenvalue weighted by atomic mass is 32.2. The summed E-state index contributed by atoms with van der Waals surface area (Å²) < 4.78 is 4.68. The third-order valence-electron chi connectivity index (χ3n) is 2.04. The van der Waals surface area contributed by atoms with Crippen molar-refractivity contribution in [2.75, 3.05) is 12.8 Å². The Hall–Kier alpha value is -2.09. The molecule has 0 saturated carbocycles. The van der Waals surface area contributed by atoms with Gasteiger partial charge in [0, 0.05) is 0 Å². The summed E-state index contributed by atoms with van der Waals surface area (Å²) in [7, 11) is 1.30. The lowest BCUT2D eigenvalue weighted by atomic mass is 10.3. The molecule has 0 spiro atoms. The Morgan fingerprint density at radius 3 is 2.94 bits per heavy atom. The average molecular weight is 265 g/mol. The van der Waals surface area contributed by atoms with Gasteiger partial charge in [0.2, 0.25) is 5.16 Å². The molecule has 8 heteroatoms. The Kier molecular flexibility index (Phi) is 3.47. The Morgan fingerprint density at radius 1 is 1.56 bits per heavy atom. The number of carbonyl (C=O) groups is 1. The van der Waals surface area contributed by atoms with E-state index in [0.717, 1.165) is 0 Å². The van der Waals surface area contributed by atoms with E-state index in [4.69, 9.17) is 5.73 Å². The SMILES string of the molecule is COC(=O)c1cc(N)cnc1Sc1n[nH]c(C)n1. The number of methoxy groups -OCH3 is 1. The quantitative estimate of drug-likeness (QED) is 0.798. The highest BCUT2D eigenvalue weighted by Crippen LogP contribution is 2.27. The van der Waals surface area contributed by atoms with Crippen LogP contribution in [-0.4, -0.2) is 33.2 Å². The fraction of sp³-hybridized carbons (Fsp3) is 0.200. The number of nitrogens with zero attached hydrogens (tertiary/aromatic N) is 3. The number of esters is 1. The Bertz CT molecular complexity index is 583. The topological polar surface area (TPSA) is 107 Å². The van der Waals surface area contributed by atoms with E-state index in [1.54, 1.807) is 6.92 Å². The lowest BCUT2D eigenvalue weighted by Gasteiger charge is -2.05. The van der Waals surface area contributed by atoms with Crippen molar-refractivity contribution in [1.82, 2.24) is 20.2 Å². The third-order valence-corrected chi connectivity index (χ3v) is 2.93. The van der Waals surface area contributed by atoms with E-state index in [-0.39, 0.29) is 0 Å². The Morgan fingerprint density at radius 2 is 2.33 bits per heavy atom. The Labute approximate surface area is 107 Å². The third kappa shape index (κ3) is 2.59. The van der Waals surface area contributed by atoms with Gasteiger partial charge >= 0.3 is 5.97 Å². The van der Waals surface area contributed by atoms with Crippen LogP contribution in [0.25, 0.3) is 0 Å². The van der Waals surface area contributed by atoms with Crippen molar-refractivity contribution in [2.24, 2.45) is 0 Å². The van der Waals surface area contributed by atoms with Gasteiger partial charge in [-0.1, -0.05) is 0 Å². The molecule has 0 aromatic carbocycles. The number of aryl methyl sites for hydroxylation is 1. The van der Waals surface area contributed by atoms with Crippen LogP contribution in [0.2, 0.25) is 0 Å². The van der Waals surface area contributed by atoms with Crippen molar-refractivity contribution in [3.8, 4) is 0 Å². The van der Waals surface area contributed by atoms with E-state index < -0.39 is 5.97 Å². The second-order valence-electron chi connectivity index (χ2n) is 3.42. The number of H-pyrrole nitrogens is 1. The second kappa shape index (κ2) is 5.05. The van der Waals surface area contributed by atoms with Crippen molar-refractivity contribution in [2.45, 2.75) is 17.1 Å². The van der Waals surface area contributed by atoms with Crippen LogP contribution in [0.15, 0.2) is 22.4 Å². The number of anilines is 1. The average Bonchev–Trinajstić information content (AvgIpc) is 2.76. The van der Waals surface area contributed by atoms with E-state index in [1.807, 2.05) is 0 Å². The maximum Gasteiger partial charge on any atom is 0.340 e. The molecular formula is C10H11N5O2S. The number of aromatic nitrogens is 4. The number of aromatic amines is 1. The molecule has 2 aromatic heterocycles. The molecule has 2 aromatic rings. The van der Waals surface area contributed by atoms with Gasteiger partial charge in [0.15, 0.2) is 0 Å². The van der Waals surface area contributed by atoms with Crippen LogP contribution in [0.5, 0.6) is 0 Å². The molecule has 3 N–H and O–H groups in total. The fourth-order valence-electron chi connectivity index (χ4n) is 1.26. The summed E-state index contributed by atoms with van der Waals surface area (Å²) in [4.78, 5) is 19.8. The summed E-state index contributed by atoms with van der Waals surface area (Å²) in [5, 5.41) is 7.61. The zero-order chi connectivity index (χ0) is 13.1. The van der Waals surface area contributed by atoms with Crippen molar-refractivity contribution in [3.63, 3.8) is 0 Å². The number of hydrogen-bond acceptors (Lipinski definition) is 7. The number of nitrogen functional groups attached to an aromatic ring is 1. The van der Waals surface area contributed by atoms with Gasteiger partial charge in [-0.05, 0) is 24.8 Å². The van der Waals surface area contributed by atoms with Crippen LogP contribution in [-0.2, 0) is 4.74 Å². The van der Waals surface area contributed by atoms with Gasteiger partial charge in [0.05, 0.1) is 24.6 Å². The van der Waals surface area contributed by atoms with Crippen LogP contribution in [0.3, 0.4) is 0 Å². The number of nitrogens with one attached hydrogen (secondary N) is 1. The monoisotopic (exact) mass is 265 g/mol. The summed E-state index contributed by atoms with van der Waals surface area (Å²) in [5.74, 6) is 0.192. The number of hydrogen-bond donors (Lipinski definition) is 2. The molecule has 2 rings (SSSR count). The highest BCUT2D eigenvalue weighted by Gasteiger charge is 2.16. The minimum atomic E-state index is -0.496. The minimum absolute atomic E-state index is 0.296. The van der Waals surface area contributed by atoms with E-state index in [9.17, 15) is 4.79 Å². The maximum absolute atomic E-state index is 11.6. The zero-order valence-electron chi connectivity index (χ0n) is 9.80. The summed E-state index contributed by atoms with van der Waals surface area (Å²) in [5.41, 5.74) is 6.29. The predicted molar refractivity (Wildman–Crippen MR) is 65.2 cm³/mol. The van der Waals surface area contributed by atoms with E-state index in [1.165, 1.54) is 31.1 Å². The zero-order valence-corrected chi connectivity index (χ0v) is 10.6. The van der Waals surface area contributed by atoms with Crippen LogP contribution >= 0.6 is 11.8 Å². The van der Waals surface area contributed by atoms with E-state index in [0.29, 0.717) is 27.3 Å². The highest BCUT2D eigenvalue weighted by molar-refractivity contribution is 7.99. The maximum atomic E-state index is 11.6. The van der Waals surface area contributed by atoms with Crippen LogP contribution < -0.4 is 5.73 Å². The molecule has 94 valence electrons. The second-order valence-corrected chi connectivity index (χ2v) is 4.37. The number of rotatable bonds is 3. The molecule has 0 fully saturated rings. The normalized spacial score (nSPS) is 10.3. The van der Waals surface area contributed by atoms with Crippen molar-refractivity contribution < 1.29 is 9.53 Å². The van der Waals surface area contributed by atoms with Crippen molar-refractivity contribution >= 4 is 23.4 Å². The van der Waals surface area contributed by atoms with E-state index in [2.05, 4.69) is 24.9 Å². The van der Waals surface area contributed by atoms with Gasteiger partial charge < -0.3 is 10.5 Å². The standard InChI is InChI=1S/C10H11N5O2S/c1-5-13-10(15-14-5)18-8-7(9(16)17-2)3-6(11)4-12-8/h3-4H,11H2,1-2H3,(H,13,14,15). The van der Waals surface area contributed by atoms with Crippen molar-refractivity contribution in [3.05, 3.63) is 23.7 Å². The molecule has 0 aliphatic heterocycles. The number of pyridine rings is 1. The Balaban J connectivity index is 2.35. The molecule has 0 atom stereocenters. The summed E-state index contributed by atoms with van der Waals surface area (Å²) in [6, 6.07) is 1.51. The first-order chi connectivity index (χ1) is 8.60. The molecule has 0 saturated heterocycles. The molecule has 0 radical (unpaired) electrons. The van der Waals surface area contributed by atoms with Crippen LogP contribution in [0, 0.1) is 6.92 Å². The van der Waals surface area contributed by atoms with Gasteiger partial charge in [-0.3, -0.25) is 5.10 Å². The van der Waals surface area contributed by atoms with Gasteiger partial charge in [0.1, 0.15) is 10.9 Å². The smallest absolute Gasteiger partial charge is 0.340 e. The van der Waals surface area contributed by atoms with E-state index >= 15 is 0 Å². The van der Waals surface area contributed by atoms with Gasteiger partial charge in [0.25, 0.3) is 0 Å². The first-order valence-corrected chi connectivity index (χ1v) is 5.82. The van der Waals surface area contributed by atoms with Gasteiger partial charge in [-0.15, -0.1) is 5.10 Å². The molecule has 18 heavy (non-hydrogen) atoms.